The van der Waals surface area contributed by atoms with Crippen LogP contribution in [0.15, 0.2) is 78.9 Å². The molecule has 1 aliphatic rings. The third-order valence-corrected chi connectivity index (χ3v) is 5.64. The number of benzene rings is 3. The molecule has 0 saturated carbocycles. The largest absolute Gasteiger partial charge is 0.489 e. The molecule has 0 bridgehead atoms. The highest BCUT2D eigenvalue weighted by atomic mass is 16.5. The first-order valence-corrected chi connectivity index (χ1v) is 10.7. The zero-order chi connectivity index (χ0) is 22.4. The summed E-state index contributed by atoms with van der Waals surface area (Å²) >= 11 is 0. The predicted octanol–water partition coefficient (Wildman–Crippen LogP) is 4.72. The molecular weight excluding hydrogens is 404 g/mol. The second-order valence-electron chi connectivity index (χ2n) is 7.96. The Kier molecular flexibility index (Phi) is 6.66. The topological polar surface area (TPSA) is 61.8 Å². The normalized spacial score (nSPS) is 14.3. The lowest BCUT2D eigenvalue weighted by Gasteiger charge is -2.41. The number of hydrogen-bond acceptors (Lipinski definition) is 5. The van der Waals surface area contributed by atoms with Gasteiger partial charge in [0.15, 0.2) is 5.78 Å². The first kappa shape index (κ1) is 21.8. The summed E-state index contributed by atoms with van der Waals surface area (Å²) in [5.41, 5.74) is 2.94. The second kappa shape index (κ2) is 9.79. The maximum Gasteiger partial charge on any atom is 0.306 e. The summed E-state index contributed by atoms with van der Waals surface area (Å²) in [6.45, 7) is 3.55. The van der Waals surface area contributed by atoms with Crippen molar-refractivity contribution in [3.05, 3.63) is 101 Å². The van der Waals surface area contributed by atoms with Crippen molar-refractivity contribution < 1.29 is 23.8 Å². The van der Waals surface area contributed by atoms with Crippen molar-refractivity contribution in [1.82, 2.24) is 0 Å². The van der Waals surface area contributed by atoms with E-state index in [1.54, 1.807) is 6.92 Å². The standard InChI is InChI=1S/C27H26O5/c1-2-31-25(28)16-27(18-30-19-27)23-11-13-24(14-12-23)32-17-20-7-6-10-22(15-20)26(29)21-8-4-3-5-9-21/h3-15H,2,16-19H2,1H3. The molecule has 0 radical (unpaired) electrons. The van der Waals surface area contributed by atoms with Gasteiger partial charge >= 0.3 is 5.97 Å². The molecule has 0 unspecified atom stereocenters. The fourth-order valence-corrected chi connectivity index (χ4v) is 3.84. The molecule has 0 atom stereocenters. The maximum atomic E-state index is 12.7. The monoisotopic (exact) mass is 430 g/mol. The summed E-state index contributed by atoms with van der Waals surface area (Å²) in [4.78, 5) is 24.7. The molecule has 164 valence electrons. The van der Waals surface area contributed by atoms with Gasteiger partial charge in [-0.3, -0.25) is 9.59 Å². The Morgan fingerprint density at radius 3 is 2.28 bits per heavy atom. The van der Waals surface area contributed by atoms with E-state index in [1.807, 2.05) is 78.9 Å². The first-order chi connectivity index (χ1) is 15.6. The minimum absolute atomic E-state index is 0.00795. The van der Waals surface area contributed by atoms with Crippen LogP contribution < -0.4 is 4.74 Å². The Morgan fingerprint density at radius 2 is 1.62 bits per heavy atom. The van der Waals surface area contributed by atoms with Gasteiger partial charge in [-0.2, -0.15) is 0 Å². The zero-order valence-electron chi connectivity index (χ0n) is 18.1. The van der Waals surface area contributed by atoms with Gasteiger partial charge in [0.05, 0.1) is 31.7 Å². The van der Waals surface area contributed by atoms with Crippen LogP contribution in [0.2, 0.25) is 0 Å². The molecule has 1 heterocycles. The zero-order valence-corrected chi connectivity index (χ0v) is 18.1. The fraction of sp³-hybridized carbons (Fsp3) is 0.259. The van der Waals surface area contributed by atoms with Crippen molar-refractivity contribution >= 4 is 11.8 Å². The average molecular weight is 431 g/mol. The average Bonchev–Trinajstić information content (AvgIpc) is 2.81. The lowest BCUT2D eigenvalue weighted by Crippen LogP contribution is -2.48. The maximum absolute atomic E-state index is 12.7. The highest BCUT2D eigenvalue weighted by molar-refractivity contribution is 6.09. The van der Waals surface area contributed by atoms with Crippen molar-refractivity contribution in [1.29, 1.82) is 0 Å². The number of ketones is 1. The Labute approximate surface area is 187 Å². The smallest absolute Gasteiger partial charge is 0.306 e. The highest BCUT2D eigenvalue weighted by Crippen LogP contribution is 2.37. The third-order valence-electron chi connectivity index (χ3n) is 5.64. The quantitative estimate of drug-likeness (QED) is 0.363. The minimum atomic E-state index is -0.323. The third kappa shape index (κ3) is 4.89. The number of carbonyl (C=O) groups is 2. The van der Waals surface area contributed by atoms with E-state index in [9.17, 15) is 9.59 Å². The number of esters is 1. The lowest BCUT2D eigenvalue weighted by atomic mass is 9.76. The lowest BCUT2D eigenvalue weighted by molar-refractivity contribution is -0.151. The Bertz CT molecular complexity index is 1070. The van der Waals surface area contributed by atoms with E-state index in [0.717, 1.165) is 16.9 Å². The van der Waals surface area contributed by atoms with Crippen molar-refractivity contribution in [3.63, 3.8) is 0 Å². The van der Waals surface area contributed by atoms with E-state index in [2.05, 4.69) is 0 Å². The number of ether oxygens (including phenoxy) is 3. The first-order valence-electron chi connectivity index (χ1n) is 10.7. The van der Waals surface area contributed by atoms with Crippen LogP contribution in [0, 0.1) is 0 Å². The molecule has 0 aliphatic carbocycles. The molecule has 0 N–H and O–H groups in total. The van der Waals surface area contributed by atoms with Gasteiger partial charge in [-0.1, -0.05) is 60.7 Å². The van der Waals surface area contributed by atoms with Crippen LogP contribution in [0.4, 0.5) is 0 Å². The van der Waals surface area contributed by atoms with Crippen LogP contribution in [0.1, 0.15) is 40.4 Å². The minimum Gasteiger partial charge on any atom is -0.489 e. The van der Waals surface area contributed by atoms with Crippen molar-refractivity contribution in [3.8, 4) is 5.75 Å². The van der Waals surface area contributed by atoms with E-state index in [-0.39, 0.29) is 17.2 Å². The van der Waals surface area contributed by atoms with E-state index >= 15 is 0 Å². The van der Waals surface area contributed by atoms with Gasteiger partial charge < -0.3 is 14.2 Å². The number of carbonyl (C=O) groups excluding carboxylic acids is 2. The molecule has 0 aromatic heterocycles. The number of rotatable bonds is 9. The van der Waals surface area contributed by atoms with E-state index in [4.69, 9.17) is 14.2 Å². The van der Waals surface area contributed by atoms with Gasteiger partial charge in [0.25, 0.3) is 0 Å². The van der Waals surface area contributed by atoms with Gasteiger partial charge in [-0.15, -0.1) is 0 Å². The van der Waals surface area contributed by atoms with Gasteiger partial charge in [-0.05, 0) is 36.2 Å². The summed E-state index contributed by atoms with van der Waals surface area (Å²) in [7, 11) is 0. The molecule has 0 spiro atoms. The van der Waals surface area contributed by atoms with Crippen molar-refractivity contribution in [2.45, 2.75) is 25.4 Å². The van der Waals surface area contributed by atoms with Gasteiger partial charge in [-0.25, -0.2) is 0 Å². The highest BCUT2D eigenvalue weighted by Gasteiger charge is 2.42. The molecule has 3 aromatic rings. The molecular formula is C27H26O5. The fourth-order valence-electron chi connectivity index (χ4n) is 3.84. The summed E-state index contributed by atoms with van der Waals surface area (Å²) in [6.07, 6.45) is 0.309. The second-order valence-corrected chi connectivity index (χ2v) is 7.96. The van der Waals surface area contributed by atoms with Gasteiger partial charge in [0, 0.05) is 11.1 Å². The summed E-state index contributed by atoms with van der Waals surface area (Å²) in [6, 6.07) is 24.5. The molecule has 32 heavy (non-hydrogen) atoms. The molecule has 1 aliphatic heterocycles. The van der Waals surface area contributed by atoms with Crippen molar-refractivity contribution in [2.75, 3.05) is 19.8 Å². The Morgan fingerprint density at radius 1 is 0.906 bits per heavy atom. The van der Waals surface area contributed by atoms with Crippen LogP contribution >= 0.6 is 0 Å². The predicted molar refractivity (Wildman–Crippen MR) is 121 cm³/mol. The Hall–Kier alpha value is -3.44. The van der Waals surface area contributed by atoms with E-state index in [1.165, 1.54) is 0 Å². The van der Waals surface area contributed by atoms with Gasteiger partial charge in [0.1, 0.15) is 12.4 Å². The van der Waals surface area contributed by atoms with Crippen LogP contribution in [0.5, 0.6) is 5.75 Å². The van der Waals surface area contributed by atoms with Gasteiger partial charge in [0.2, 0.25) is 0 Å². The summed E-state index contributed by atoms with van der Waals surface area (Å²) in [5, 5.41) is 0. The SMILES string of the molecule is CCOC(=O)CC1(c2ccc(OCc3cccc(C(=O)c4ccccc4)c3)cc2)COC1. The summed E-state index contributed by atoms with van der Waals surface area (Å²) < 4.78 is 16.5. The van der Waals surface area contributed by atoms with Crippen LogP contribution in [-0.4, -0.2) is 31.6 Å². The molecule has 4 rings (SSSR count). The van der Waals surface area contributed by atoms with Crippen LogP contribution in [0.25, 0.3) is 0 Å². The van der Waals surface area contributed by atoms with Crippen LogP contribution in [0.3, 0.4) is 0 Å². The van der Waals surface area contributed by atoms with Crippen molar-refractivity contribution in [2.24, 2.45) is 0 Å². The summed E-state index contributed by atoms with van der Waals surface area (Å²) in [5.74, 6) is 0.507. The van der Waals surface area contributed by atoms with Crippen LogP contribution in [-0.2, 0) is 26.3 Å². The molecule has 0 amide bonds. The molecule has 1 fully saturated rings. The molecule has 5 nitrogen and oxygen atoms in total. The molecule has 3 aromatic carbocycles. The molecule has 1 saturated heterocycles. The Balaban J connectivity index is 1.40. The number of hydrogen-bond donors (Lipinski definition) is 0. The van der Waals surface area contributed by atoms with E-state index < -0.39 is 0 Å². The van der Waals surface area contributed by atoms with E-state index in [0.29, 0.717) is 44.0 Å². The molecule has 5 heteroatoms.